The number of amides is 1. The Balaban J connectivity index is 1.48. The third kappa shape index (κ3) is 4.50. The lowest BCUT2D eigenvalue weighted by atomic mass is 10.2. The minimum absolute atomic E-state index is 0.146. The van der Waals surface area contributed by atoms with Gasteiger partial charge < -0.3 is 14.6 Å². The van der Waals surface area contributed by atoms with Crippen molar-refractivity contribution in [2.45, 2.75) is 6.92 Å². The second kappa shape index (κ2) is 8.80. The third-order valence-electron chi connectivity index (χ3n) is 4.42. The molecule has 1 heterocycles. The van der Waals surface area contributed by atoms with Crippen LogP contribution in [0.2, 0.25) is 5.02 Å². The molecule has 3 aromatic carbocycles. The number of benzene rings is 3. The van der Waals surface area contributed by atoms with Crippen molar-refractivity contribution in [2.75, 3.05) is 11.9 Å². The molecule has 0 unspecified atom stereocenters. The molecule has 0 saturated heterocycles. The van der Waals surface area contributed by atoms with Gasteiger partial charge in [0.2, 0.25) is 5.82 Å². The van der Waals surface area contributed by atoms with Crippen LogP contribution in [0.5, 0.6) is 5.75 Å². The van der Waals surface area contributed by atoms with Crippen LogP contribution in [-0.2, 0) is 4.79 Å². The zero-order chi connectivity index (χ0) is 20.9. The first-order valence-electron chi connectivity index (χ1n) is 9.27. The molecular formula is C23H18ClN3O3. The molecule has 7 heteroatoms. The fourth-order valence-electron chi connectivity index (χ4n) is 2.86. The standard InChI is InChI=1S/C23H18ClN3O3/c1-15-6-2-4-8-19(15)25-21(28)14-29-20-9-5-3-7-18(20)22-26-23(30-27-22)16-10-12-17(24)13-11-16/h2-13H,14H2,1H3,(H,25,28). The van der Waals surface area contributed by atoms with E-state index in [1.54, 1.807) is 30.3 Å². The Morgan fingerprint density at radius 1 is 1.03 bits per heavy atom. The number of aromatic nitrogens is 2. The van der Waals surface area contributed by atoms with Crippen molar-refractivity contribution in [3.05, 3.63) is 83.4 Å². The number of halogens is 1. The zero-order valence-electron chi connectivity index (χ0n) is 16.1. The smallest absolute Gasteiger partial charge is 0.262 e. The summed E-state index contributed by atoms with van der Waals surface area (Å²) in [4.78, 5) is 16.8. The molecule has 1 amide bonds. The largest absolute Gasteiger partial charge is 0.483 e. The van der Waals surface area contributed by atoms with Gasteiger partial charge in [-0.05, 0) is 55.0 Å². The quantitative estimate of drug-likeness (QED) is 0.453. The number of carbonyl (C=O) groups excluding carboxylic acids is 1. The number of nitrogens with zero attached hydrogens (tertiary/aromatic N) is 2. The summed E-state index contributed by atoms with van der Waals surface area (Å²) < 4.78 is 11.1. The van der Waals surface area contributed by atoms with Crippen molar-refractivity contribution in [3.63, 3.8) is 0 Å². The topological polar surface area (TPSA) is 77.2 Å². The average Bonchev–Trinajstić information content (AvgIpc) is 3.25. The number of rotatable bonds is 6. The van der Waals surface area contributed by atoms with E-state index in [1.165, 1.54) is 0 Å². The van der Waals surface area contributed by atoms with Crippen LogP contribution in [-0.4, -0.2) is 22.7 Å². The highest BCUT2D eigenvalue weighted by molar-refractivity contribution is 6.30. The molecule has 1 aromatic heterocycles. The number of ether oxygens (including phenoxy) is 1. The minimum Gasteiger partial charge on any atom is -0.483 e. The highest BCUT2D eigenvalue weighted by Crippen LogP contribution is 2.30. The fraction of sp³-hybridized carbons (Fsp3) is 0.0870. The Kier molecular flexibility index (Phi) is 5.77. The molecule has 0 aliphatic rings. The zero-order valence-corrected chi connectivity index (χ0v) is 16.9. The van der Waals surface area contributed by atoms with Crippen molar-refractivity contribution >= 4 is 23.2 Å². The third-order valence-corrected chi connectivity index (χ3v) is 4.68. The van der Waals surface area contributed by atoms with Gasteiger partial charge in [0.25, 0.3) is 11.8 Å². The number of nitrogens with one attached hydrogen (secondary N) is 1. The number of anilines is 1. The van der Waals surface area contributed by atoms with Crippen LogP contribution in [0.4, 0.5) is 5.69 Å². The first kappa shape index (κ1) is 19.7. The molecule has 0 fully saturated rings. The first-order chi connectivity index (χ1) is 14.6. The van der Waals surface area contributed by atoms with E-state index < -0.39 is 0 Å². The minimum atomic E-state index is -0.255. The Bertz CT molecular complexity index is 1170. The Morgan fingerprint density at radius 3 is 2.57 bits per heavy atom. The van der Waals surface area contributed by atoms with Gasteiger partial charge in [0, 0.05) is 16.3 Å². The second-order valence-electron chi connectivity index (χ2n) is 6.58. The van der Waals surface area contributed by atoms with Gasteiger partial charge in [0.05, 0.1) is 5.56 Å². The van der Waals surface area contributed by atoms with E-state index in [4.69, 9.17) is 20.9 Å². The van der Waals surface area contributed by atoms with Crippen molar-refractivity contribution in [2.24, 2.45) is 0 Å². The van der Waals surface area contributed by atoms with E-state index in [1.807, 2.05) is 49.4 Å². The molecule has 1 N–H and O–H groups in total. The molecule has 150 valence electrons. The molecule has 0 saturated carbocycles. The van der Waals surface area contributed by atoms with Gasteiger partial charge in [0.15, 0.2) is 6.61 Å². The number of para-hydroxylation sites is 2. The summed E-state index contributed by atoms with van der Waals surface area (Å²) in [7, 11) is 0. The Hall–Kier alpha value is -3.64. The van der Waals surface area contributed by atoms with E-state index in [2.05, 4.69) is 15.5 Å². The summed E-state index contributed by atoms with van der Waals surface area (Å²) in [6.07, 6.45) is 0. The van der Waals surface area contributed by atoms with Gasteiger partial charge in [-0.3, -0.25) is 4.79 Å². The lowest BCUT2D eigenvalue weighted by Crippen LogP contribution is -2.20. The number of hydrogen-bond acceptors (Lipinski definition) is 5. The summed E-state index contributed by atoms with van der Waals surface area (Å²) in [5.74, 6) is 0.971. The molecule has 0 bridgehead atoms. The predicted molar refractivity (Wildman–Crippen MR) is 115 cm³/mol. The highest BCUT2D eigenvalue weighted by atomic mass is 35.5. The lowest BCUT2D eigenvalue weighted by Gasteiger charge is -2.11. The van der Waals surface area contributed by atoms with E-state index in [0.717, 1.165) is 16.8 Å². The molecule has 0 aliphatic carbocycles. The average molecular weight is 420 g/mol. The molecular weight excluding hydrogens is 402 g/mol. The van der Waals surface area contributed by atoms with Crippen LogP contribution >= 0.6 is 11.6 Å². The first-order valence-corrected chi connectivity index (χ1v) is 9.65. The Morgan fingerprint density at radius 2 is 1.77 bits per heavy atom. The molecule has 0 atom stereocenters. The second-order valence-corrected chi connectivity index (χ2v) is 7.01. The van der Waals surface area contributed by atoms with E-state index in [-0.39, 0.29) is 12.5 Å². The highest BCUT2D eigenvalue weighted by Gasteiger charge is 2.15. The van der Waals surface area contributed by atoms with E-state index in [0.29, 0.717) is 28.1 Å². The number of hydrogen-bond donors (Lipinski definition) is 1. The van der Waals surface area contributed by atoms with Crippen LogP contribution in [0.15, 0.2) is 77.3 Å². The molecule has 4 aromatic rings. The normalized spacial score (nSPS) is 10.6. The maximum atomic E-state index is 12.3. The van der Waals surface area contributed by atoms with Crippen molar-refractivity contribution in [3.8, 4) is 28.6 Å². The van der Waals surface area contributed by atoms with Gasteiger partial charge in [-0.15, -0.1) is 0 Å². The van der Waals surface area contributed by atoms with Gasteiger partial charge in [0.1, 0.15) is 5.75 Å². The summed E-state index contributed by atoms with van der Waals surface area (Å²) in [6, 6.07) is 21.9. The summed E-state index contributed by atoms with van der Waals surface area (Å²) >= 11 is 5.93. The van der Waals surface area contributed by atoms with E-state index >= 15 is 0 Å². The number of aryl methyl sites for hydroxylation is 1. The number of carbonyl (C=O) groups is 1. The monoisotopic (exact) mass is 419 g/mol. The van der Waals surface area contributed by atoms with Crippen LogP contribution < -0.4 is 10.1 Å². The summed E-state index contributed by atoms with van der Waals surface area (Å²) in [5.41, 5.74) is 3.12. The van der Waals surface area contributed by atoms with Gasteiger partial charge in [-0.1, -0.05) is 47.1 Å². The van der Waals surface area contributed by atoms with Crippen LogP contribution in [0.25, 0.3) is 22.8 Å². The molecule has 4 rings (SSSR count). The maximum Gasteiger partial charge on any atom is 0.262 e. The summed E-state index contributed by atoms with van der Waals surface area (Å²) in [6.45, 7) is 1.79. The SMILES string of the molecule is Cc1ccccc1NC(=O)COc1ccccc1-c1noc(-c2ccc(Cl)cc2)n1. The maximum absolute atomic E-state index is 12.3. The van der Waals surface area contributed by atoms with Gasteiger partial charge >= 0.3 is 0 Å². The molecule has 6 nitrogen and oxygen atoms in total. The molecule has 30 heavy (non-hydrogen) atoms. The van der Waals surface area contributed by atoms with Crippen LogP contribution in [0, 0.1) is 6.92 Å². The van der Waals surface area contributed by atoms with E-state index in [9.17, 15) is 4.79 Å². The predicted octanol–water partition coefficient (Wildman–Crippen LogP) is 5.38. The van der Waals surface area contributed by atoms with Gasteiger partial charge in [-0.25, -0.2) is 0 Å². The van der Waals surface area contributed by atoms with Crippen molar-refractivity contribution < 1.29 is 14.1 Å². The molecule has 0 aliphatic heterocycles. The molecule has 0 spiro atoms. The molecule has 0 radical (unpaired) electrons. The van der Waals surface area contributed by atoms with Crippen molar-refractivity contribution in [1.82, 2.24) is 10.1 Å². The van der Waals surface area contributed by atoms with Crippen LogP contribution in [0.3, 0.4) is 0 Å². The van der Waals surface area contributed by atoms with Gasteiger partial charge in [-0.2, -0.15) is 4.98 Å². The Labute approximate surface area is 178 Å². The lowest BCUT2D eigenvalue weighted by molar-refractivity contribution is -0.118. The fourth-order valence-corrected chi connectivity index (χ4v) is 2.99. The van der Waals surface area contributed by atoms with Crippen molar-refractivity contribution in [1.29, 1.82) is 0 Å². The summed E-state index contributed by atoms with van der Waals surface area (Å²) in [5, 5.41) is 7.52. The van der Waals surface area contributed by atoms with Crippen LogP contribution in [0.1, 0.15) is 5.56 Å².